The molecular formula is C20H9Cl3N2O4S2. The van der Waals surface area contributed by atoms with E-state index in [0.29, 0.717) is 30.7 Å². The number of anilines is 1. The number of hydrogen-bond acceptors (Lipinski definition) is 6. The molecule has 156 valence electrons. The zero-order chi connectivity index (χ0) is 22.3. The first kappa shape index (κ1) is 21.9. The van der Waals surface area contributed by atoms with Crippen molar-refractivity contribution in [3.05, 3.63) is 84.4 Å². The summed E-state index contributed by atoms with van der Waals surface area (Å²) in [6, 6.07) is 12.2. The predicted molar refractivity (Wildman–Crippen MR) is 128 cm³/mol. The van der Waals surface area contributed by atoms with Crippen LogP contribution in [0.15, 0.2) is 57.9 Å². The van der Waals surface area contributed by atoms with Crippen LogP contribution in [0.2, 0.25) is 15.1 Å². The Morgan fingerprint density at radius 3 is 2.48 bits per heavy atom. The summed E-state index contributed by atoms with van der Waals surface area (Å²) in [5, 5.41) is 12.3. The van der Waals surface area contributed by atoms with Crippen molar-refractivity contribution < 1.29 is 14.1 Å². The van der Waals surface area contributed by atoms with E-state index >= 15 is 0 Å². The van der Waals surface area contributed by atoms with Crippen LogP contribution in [-0.2, 0) is 4.79 Å². The first-order valence-corrected chi connectivity index (χ1v) is 10.9. The molecule has 1 amide bonds. The summed E-state index contributed by atoms with van der Waals surface area (Å²) in [5.41, 5.74) is 0.514. The first-order valence-electron chi connectivity index (χ1n) is 8.52. The molecule has 1 aliphatic rings. The summed E-state index contributed by atoms with van der Waals surface area (Å²) in [6.07, 6.45) is 1.52. The number of halogens is 3. The van der Waals surface area contributed by atoms with Crippen LogP contribution >= 0.6 is 58.8 Å². The van der Waals surface area contributed by atoms with Crippen LogP contribution in [0.3, 0.4) is 0 Å². The van der Waals surface area contributed by atoms with Gasteiger partial charge in [-0.25, -0.2) is 0 Å². The highest BCUT2D eigenvalue weighted by molar-refractivity contribution is 8.27. The van der Waals surface area contributed by atoms with Gasteiger partial charge in [0, 0.05) is 22.2 Å². The van der Waals surface area contributed by atoms with E-state index in [0.717, 1.165) is 11.8 Å². The summed E-state index contributed by atoms with van der Waals surface area (Å²) in [5.74, 6) is 0.238. The number of carbonyl (C=O) groups is 1. The van der Waals surface area contributed by atoms with Gasteiger partial charge in [0.2, 0.25) is 0 Å². The summed E-state index contributed by atoms with van der Waals surface area (Å²) in [4.78, 5) is 25.4. The molecule has 31 heavy (non-hydrogen) atoms. The number of hydrogen-bond donors (Lipinski definition) is 0. The Balaban J connectivity index is 1.65. The van der Waals surface area contributed by atoms with Crippen LogP contribution in [0.4, 0.5) is 11.4 Å². The van der Waals surface area contributed by atoms with Gasteiger partial charge in [-0.1, -0.05) is 58.8 Å². The lowest BCUT2D eigenvalue weighted by atomic mass is 10.1. The smallest absolute Gasteiger partial charge is 0.281 e. The zero-order valence-corrected chi connectivity index (χ0v) is 19.1. The van der Waals surface area contributed by atoms with Gasteiger partial charge in [-0.05, 0) is 42.5 Å². The number of thiocarbonyl (C=S) groups is 1. The fourth-order valence-corrected chi connectivity index (χ4v) is 4.83. The van der Waals surface area contributed by atoms with E-state index in [4.69, 9.17) is 51.4 Å². The Kier molecular flexibility index (Phi) is 6.09. The second-order valence-electron chi connectivity index (χ2n) is 6.23. The second-order valence-corrected chi connectivity index (χ2v) is 9.19. The van der Waals surface area contributed by atoms with E-state index in [1.54, 1.807) is 24.3 Å². The molecule has 0 N–H and O–H groups in total. The van der Waals surface area contributed by atoms with E-state index in [2.05, 4.69) is 0 Å². The van der Waals surface area contributed by atoms with Gasteiger partial charge in [-0.15, -0.1) is 0 Å². The summed E-state index contributed by atoms with van der Waals surface area (Å²) in [6.45, 7) is 0. The Bertz CT molecular complexity index is 1290. The molecule has 1 aliphatic heterocycles. The fraction of sp³-hybridized carbons (Fsp3) is 0. The van der Waals surface area contributed by atoms with Crippen LogP contribution in [-0.4, -0.2) is 15.2 Å². The second kappa shape index (κ2) is 8.64. The third-order valence-corrected chi connectivity index (χ3v) is 6.34. The molecule has 0 radical (unpaired) electrons. The van der Waals surface area contributed by atoms with Crippen molar-refractivity contribution >= 4 is 86.5 Å². The average molecular weight is 512 g/mol. The molecule has 1 fully saturated rings. The van der Waals surface area contributed by atoms with Crippen molar-refractivity contribution in [2.24, 2.45) is 0 Å². The van der Waals surface area contributed by atoms with Gasteiger partial charge in [0.25, 0.3) is 11.6 Å². The van der Waals surface area contributed by atoms with E-state index in [1.165, 1.54) is 35.2 Å². The lowest BCUT2D eigenvalue weighted by Crippen LogP contribution is -2.27. The van der Waals surface area contributed by atoms with E-state index in [9.17, 15) is 14.9 Å². The molecule has 0 atom stereocenters. The third kappa shape index (κ3) is 4.35. The fourth-order valence-electron chi connectivity index (χ4n) is 2.91. The number of thioether (sulfide) groups is 1. The van der Waals surface area contributed by atoms with Crippen LogP contribution in [0.1, 0.15) is 5.76 Å². The molecule has 2 heterocycles. The maximum atomic E-state index is 12.9. The number of nitro benzene ring substituents is 1. The number of nitrogens with zero attached hydrogens (tertiary/aromatic N) is 2. The highest BCUT2D eigenvalue weighted by atomic mass is 35.5. The number of rotatable bonds is 4. The monoisotopic (exact) mass is 510 g/mol. The molecule has 4 rings (SSSR count). The standard InChI is InChI=1S/C20H9Cl3N2O4S2/c21-10-2-5-15(14(23)7-10)24-19(26)18(31-20(24)30)9-12-3-6-17(29-12)13-4-1-11(22)8-16(13)25(27)28/h1-9H/b18-9-. The number of benzene rings is 2. The number of nitro groups is 1. The molecule has 6 nitrogen and oxygen atoms in total. The Hall–Kier alpha value is -2.36. The Labute approximate surface area is 200 Å². The molecule has 3 aromatic rings. The topological polar surface area (TPSA) is 76.6 Å². The van der Waals surface area contributed by atoms with Crippen molar-refractivity contribution in [1.82, 2.24) is 0 Å². The summed E-state index contributed by atoms with van der Waals surface area (Å²) < 4.78 is 6.04. The van der Waals surface area contributed by atoms with Gasteiger partial charge in [-0.2, -0.15) is 0 Å². The average Bonchev–Trinajstić information content (AvgIpc) is 3.27. The molecule has 0 unspecified atom stereocenters. The van der Waals surface area contributed by atoms with Crippen molar-refractivity contribution in [1.29, 1.82) is 0 Å². The third-order valence-electron chi connectivity index (χ3n) is 4.27. The van der Waals surface area contributed by atoms with Crippen molar-refractivity contribution in [3.8, 4) is 11.3 Å². The lowest BCUT2D eigenvalue weighted by Gasteiger charge is -2.16. The number of furan rings is 1. The van der Waals surface area contributed by atoms with Gasteiger partial charge < -0.3 is 4.42 Å². The molecule has 1 saturated heterocycles. The van der Waals surface area contributed by atoms with Crippen molar-refractivity contribution in [2.75, 3.05) is 4.90 Å². The van der Waals surface area contributed by atoms with Gasteiger partial charge in [-0.3, -0.25) is 19.8 Å². The largest absolute Gasteiger partial charge is 0.456 e. The minimum Gasteiger partial charge on any atom is -0.456 e. The Morgan fingerprint density at radius 1 is 1.06 bits per heavy atom. The number of carbonyl (C=O) groups excluding carboxylic acids is 1. The molecule has 11 heteroatoms. The van der Waals surface area contributed by atoms with E-state index in [-0.39, 0.29) is 27.9 Å². The van der Waals surface area contributed by atoms with Gasteiger partial charge in [0.15, 0.2) is 4.32 Å². The Morgan fingerprint density at radius 2 is 1.77 bits per heavy atom. The molecule has 0 spiro atoms. The number of amides is 1. The molecule has 2 aromatic carbocycles. The van der Waals surface area contributed by atoms with Gasteiger partial charge >= 0.3 is 0 Å². The normalized spacial score (nSPS) is 15.2. The molecule has 1 aromatic heterocycles. The van der Waals surface area contributed by atoms with Crippen LogP contribution in [0.25, 0.3) is 17.4 Å². The SMILES string of the molecule is O=C1/C(=C/c2ccc(-c3ccc(Cl)cc3[N+](=O)[O-])o2)SC(=S)N1c1ccc(Cl)cc1Cl. The minimum atomic E-state index is -0.537. The van der Waals surface area contributed by atoms with Gasteiger partial charge in [0.1, 0.15) is 11.5 Å². The maximum absolute atomic E-state index is 12.9. The quantitative estimate of drug-likeness (QED) is 0.159. The zero-order valence-electron chi connectivity index (χ0n) is 15.2. The van der Waals surface area contributed by atoms with Gasteiger partial charge in [0.05, 0.1) is 26.1 Å². The summed E-state index contributed by atoms with van der Waals surface area (Å²) in [7, 11) is 0. The van der Waals surface area contributed by atoms with Crippen molar-refractivity contribution in [2.45, 2.75) is 0 Å². The highest BCUT2D eigenvalue weighted by Crippen LogP contribution is 2.40. The first-order chi connectivity index (χ1) is 14.7. The van der Waals surface area contributed by atoms with Crippen LogP contribution in [0.5, 0.6) is 0 Å². The maximum Gasteiger partial charge on any atom is 0.281 e. The van der Waals surface area contributed by atoms with E-state index in [1.807, 2.05) is 0 Å². The van der Waals surface area contributed by atoms with E-state index < -0.39 is 4.92 Å². The lowest BCUT2D eigenvalue weighted by molar-refractivity contribution is -0.384. The van der Waals surface area contributed by atoms with Crippen LogP contribution < -0.4 is 4.90 Å². The molecule has 0 saturated carbocycles. The minimum absolute atomic E-state index is 0.183. The molecular weight excluding hydrogens is 503 g/mol. The summed E-state index contributed by atoms with van der Waals surface area (Å²) >= 11 is 24.4. The molecule has 0 aliphatic carbocycles. The predicted octanol–water partition coefficient (Wildman–Crippen LogP) is 7.22. The van der Waals surface area contributed by atoms with Crippen molar-refractivity contribution in [3.63, 3.8) is 0 Å². The highest BCUT2D eigenvalue weighted by Gasteiger charge is 2.34. The molecule has 0 bridgehead atoms. The van der Waals surface area contributed by atoms with Crippen LogP contribution in [0, 0.1) is 10.1 Å².